The monoisotopic (exact) mass is 833 g/mol. The van der Waals surface area contributed by atoms with E-state index in [-0.39, 0.29) is 5.41 Å². The molecule has 312 valence electrons. The molecule has 1 unspecified atom stereocenters. The zero-order valence-electron chi connectivity index (χ0n) is 36.9. The van der Waals surface area contributed by atoms with Crippen molar-refractivity contribution >= 4 is 38.6 Å². The molecule has 1 atom stereocenters. The van der Waals surface area contributed by atoms with Crippen molar-refractivity contribution in [3.05, 3.63) is 247 Å². The summed E-state index contributed by atoms with van der Waals surface area (Å²) in [6.07, 6.45) is 6.48. The summed E-state index contributed by atoms with van der Waals surface area (Å²) in [6.45, 7) is 2.40. The minimum Gasteiger partial charge on any atom is -0.310 e. The summed E-state index contributed by atoms with van der Waals surface area (Å²) < 4.78 is 0. The average molecular weight is 834 g/mol. The van der Waals surface area contributed by atoms with E-state index in [4.69, 9.17) is 0 Å². The summed E-state index contributed by atoms with van der Waals surface area (Å²) in [5.41, 5.74) is 18.8. The van der Waals surface area contributed by atoms with E-state index < -0.39 is 0 Å². The standard InChI is InChI=1S/C64H51N/c1-64(49-26-6-3-7-27-49)59-36-12-10-31-58(59)63-55(34-18-37-60(63)64)46-39-41-50(42-40-46)65(51-28-14-25-48(43-51)53-32-15-22-44-21-8-9-29-52(44)53)61-38-13-11-30-56(61)57-35-17-24-47-23-16-33-54(62(47)57)45-19-4-2-5-20-45/h3,6-18,21-43,45H,2,4-5,19-20H2,1H3. The van der Waals surface area contributed by atoms with Gasteiger partial charge in [0.05, 0.1) is 5.69 Å². The maximum absolute atomic E-state index is 2.49. The van der Waals surface area contributed by atoms with Gasteiger partial charge < -0.3 is 4.90 Å². The highest BCUT2D eigenvalue weighted by Gasteiger charge is 2.41. The van der Waals surface area contributed by atoms with E-state index in [0.29, 0.717) is 5.92 Å². The molecule has 10 aromatic rings. The Morgan fingerprint density at radius 2 is 1.03 bits per heavy atom. The van der Waals surface area contributed by atoms with Gasteiger partial charge in [0.1, 0.15) is 0 Å². The van der Waals surface area contributed by atoms with Gasteiger partial charge in [-0.15, -0.1) is 0 Å². The van der Waals surface area contributed by atoms with Gasteiger partial charge in [-0.25, -0.2) is 0 Å². The van der Waals surface area contributed by atoms with Crippen molar-refractivity contribution in [3.8, 4) is 44.5 Å². The Bertz CT molecular complexity index is 3360. The lowest BCUT2D eigenvalue weighted by Gasteiger charge is -2.30. The number of para-hydroxylation sites is 1. The van der Waals surface area contributed by atoms with Gasteiger partial charge in [-0.05, 0) is 139 Å². The third kappa shape index (κ3) is 6.60. The normalized spacial score (nSPS) is 15.8. The molecule has 0 N–H and O–H groups in total. The van der Waals surface area contributed by atoms with Crippen molar-refractivity contribution < 1.29 is 0 Å². The number of hydrogen-bond acceptors (Lipinski definition) is 1. The van der Waals surface area contributed by atoms with Crippen molar-refractivity contribution in [2.24, 2.45) is 0 Å². The molecule has 1 nitrogen and oxygen atoms in total. The molecule has 0 heterocycles. The number of nitrogens with zero attached hydrogens (tertiary/aromatic N) is 1. The highest BCUT2D eigenvalue weighted by molar-refractivity contribution is 6.04. The SMILES string of the molecule is CC1(c2ccccc2)c2ccccc2-c2c(-c3ccc(N(c4cccc(-c5cccc6ccccc56)c4)c4ccccc4-c4cccc5cccc(C6CCCCC6)c45)cc3)cccc21. The van der Waals surface area contributed by atoms with Gasteiger partial charge in [-0.3, -0.25) is 0 Å². The summed E-state index contributed by atoms with van der Waals surface area (Å²) in [5.74, 6) is 0.582. The largest absolute Gasteiger partial charge is 0.310 e. The highest BCUT2D eigenvalue weighted by Crippen LogP contribution is 2.55. The molecule has 65 heavy (non-hydrogen) atoms. The first-order valence-corrected chi connectivity index (χ1v) is 23.5. The van der Waals surface area contributed by atoms with Crippen LogP contribution in [-0.2, 0) is 5.41 Å². The molecule has 0 spiro atoms. The molecular weight excluding hydrogens is 783 g/mol. The van der Waals surface area contributed by atoms with Crippen molar-refractivity contribution in [1.82, 2.24) is 0 Å². The first kappa shape index (κ1) is 39.1. The average Bonchev–Trinajstić information content (AvgIpc) is 3.65. The maximum Gasteiger partial charge on any atom is 0.0540 e. The maximum atomic E-state index is 2.49. The lowest BCUT2D eigenvalue weighted by Crippen LogP contribution is -2.22. The molecule has 0 radical (unpaired) electrons. The summed E-state index contributed by atoms with van der Waals surface area (Å²) >= 11 is 0. The zero-order chi connectivity index (χ0) is 43.3. The van der Waals surface area contributed by atoms with Crippen LogP contribution in [0.5, 0.6) is 0 Å². The predicted molar refractivity (Wildman–Crippen MR) is 276 cm³/mol. The van der Waals surface area contributed by atoms with Crippen molar-refractivity contribution in [2.45, 2.75) is 50.4 Å². The molecule has 1 fully saturated rings. The fourth-order valence-electron chi connectivity index (χ4n) is 11.6. The Kier molecular flexibility index (Phi) is 9.79. The first-order chi connectivity index (χ1) is 32.1. The Morgan fingerprint density at radius 1 is 0.415 bits per heavy atom. The molecule has 0 aliphatic heterocycles. The Morgan fingerprint density at radius 3 is 1.88 bits per heavy atom. The number of anilines is 3. The van der Waals surface area contributed by atoms with E-state index >= 15 is 0 Å². The third-order valence-electron chi connectivity index (χ3n) is 14.7. The number of hydrogen-bond donors (Lipinski definition) is 0. The molecule has 0 amide bonds. The molecule has 12 rings (SSSR count). The Labute approximate surface area is 383 Å². The van der Waals surface area contributed by atoms with Crippen LogP contribution in [0.25, 0.3) is 66.1 Å². The molecule has 0 aromatic heterocycles. The van der Waals surface area contributed by atoms with Gasteiger partial charge in [0, 0.05) is 22.4 Å². The molecule has 1 saturated carbocycles. The van der Waals surface area contributed by atoms with Crippen molar-refractivity contribution in [2.75, 3.05) is 4.90 Å². The second-order valence-corrected chi connectivity index (χ2v) is 18.3. The van der Waals surface area contributed by atoms with Crippen LogP contribution < -0.4 is 4.90 Å². The van der Waals surface area contributed by atoms with Crippen LogP contribution in [0.4, 0.5) is 17.1 Å². The predicted octanol–water partition coefficient (Wildman–Crippen LogP) is 17.8. The number of fused-ring (bicyclic) bond motifs is 5. The topological polar surface area (TPSA) is 3.24 Å². The van der Waals surface area contributed by atoms with Crippen LogP contribution in [0.1, 0.15) is 67.2 Å². The molecule has 2 aliphatic rings. The number of rotatable bonds is 8. The van der Waals surface area contributed by atoms with Crippen LogP contribution in [0.15, 0.2) is 224 Å². The molecule has 0 saturated heterocycles. The molecule has 2 aliphatic carbocycles. The van der Waals surface area contributed by atoms with Gasteiger partial charge in [-0.1, -0.05) is 213 Å². The van der Waals surface area contributed by atoms with Crippen molar-refractivity contribution in [1.29, 1.82) is 0 Å². The van der Waals surface area contributed by atoms with E-state index in [1.54, 1.807) is 0 Å². The summed E-state index contributed by atoms with van der Waals surface area (Å²) in [6, 6.07) is 83.8. The van der Waals surface area contributed by atoms with Gasteiger partial charge in [0.25, 0.3) is 0 Å². The van der Waals surface area contributed by atoms with E-state index in [1.807, 2.05) is 0 Å². The fourth-order valence-corrected chi connectivity index (χ4v) is 11.6. The lowest BCUT2D eigenvalue weighted by molar-refractivity contribution is 0.445. The summed E-state index contributed by atoms with van der Waals surface area (Å²) in [7, 11) is 0. The van der Waals surface area contributed by atoms with Crippen LogP contribution in [0, 0.1) is 0 Å². The van der Waals surface area contributed by atoms with Crippen LogP contribution in [-0.4, -0.2) is 0 Å². The fraction of sp³-hybridized carbons (Fsp3) is 0.125. The quantitative estimate of drug-likeness (QED) is 0.147. The minimum atomic E-state index is -0.253. The van der Waals surface area contributed by atoms with Crippen LogP contribution in [0.3, 0.4) is 0 Å². The smallest absolute Gasteiger partial charge is 0.0540 e. The van der Waals surface area contributed by atoms with E-state index in [1.165, 1.54) is 120 Å². The lowest BCUT2D eigenvalue weighted by atomic mass is 9.74. The molecule has 10 aromatic carbocycles. The van der Waals surface area contributed by atoms with E-state index in [0.717, 1.165) is 17.1 Å². The van der Waals surface area contributed by atoms with Crippen LogP contribution in [0.2, 0.25) is 0 Å². The van der Waals surface area contributed by atoms with Crippen molar-refractivity contribution in [3.63, 3.8) is 0 Å². The third-order valence-corrected chi connectivity index (χ3v) is 14.7. The van der Waals surface area contributed by atoms with E-state index in [9.17, 15) is 0 Å². The van der Waals surface area contributed by atoms with Gasteiger partial charge in [-0.2, -0.15) is 0 Å². The molecule has 1 heteroatoms. The van der Waals surface area contributed by atoms with E-state index in [2.05, 4.69) is 236 Å². The first-order valence-electron chi connectivity index (χ1n) is 23.5. The minimum absolute atomic E-state index is 0.253. The van der Waals surface area contributed by atoms with Gasteiger partial charge >= 0.3 is 0 Å². The molecular formula is C64H51N. The zero-order valence-corrected chi connectivity index (χ0v) is 36.9. The van der Waals surface area contributed by atoms with Gasteiger partial charge in [0.2, 0.25) is 0 Å². The Balaban J connectivity index is 1.04. The summed E-state index contributed by atoms with van der Waals surface area (Å²) in [4.78, 5) is 2.49. The Hall–Kier alpha value is -7.48. The highest BCUT2D eigenvalue weighted by atomic mass is 15.1. The second-order valence-electron chi connectivity index (χ2n) is 18.3. The number of benzene rings is 10. The van der Waals surface area contributed by atoms with Crippen LogP contribution >= 0.6 is 0 Å². The van der Waals surface area contributed by atoms with Gasteiger partial charge in [0.15, 0.2) is 0 Å². The summed E-state index contributed by atoms with van der Waals surface area (Å²) in [5, 5.41) is 5.22. The second kappa shape index (κ2) is 16.3. The molecule has 0 bridgehead atoms.